The Kier molecular flexibility index (Phi) is 3.03. The van der Waals surface area contributed by atoms with Crippen LogP contribution in [-0.4, -0.2) is 28.5 Å². The zero-order valence-electron chi connectivity index (χ0n) is 7.46. The van der Waals surface area contributed by atoms with Gasteiger partial charge in [-0.1, -0.05) is 6.92 Å². The minimum atomic E-state index is 0.146. The highest BCUT2D eigenvalue weighted by Gasteiger charge is 2.25. The molecule has 0 aliphatic carbocycles. The number of thiocarbonyl (C=S) groups is 1. The third-order valence-corrected chi connectivity index (χ3v) is 2.48. The molecule has 0 bridgehead atoms. The molecule has 1 aliphatic heterocycles. The Hall–Kier alpha value is -0.640. The average molecular weight is 186 g/mol. The molecule has 0 aromatic carbocycles. The molecule has 1 heterocycles. The van der Waals surface area contributed by atoms with E-state index in [1.807, 2.05) is 6.92 Å². The standard InChI is InChI=1S/C8H14N2OS/c1-3-6(2)10-7(11)4-5-9-8(10)12/h6H,3-5H2,1-2H3,(H,9,12). The maximum absolute atomic E-state index is 11.4. The van der Waals surface area contributed by atoms with Crippen molar-refractivity contribution in [3.05, 3.63) is 0 Å². The molecule has 4 heteroatoms. The molecule has 0 aromatic rings. The van der Waals surface area contributed by atoms with Crippen molar-refractivity contribution in [2.75, 3.05) is 6.54 Å². The maximum Gasteiger partial charge on any atom is 0.230 e. The molecule has 1 amide bonds. The SMILES string of the molecule is CCC(C)N1C(=O)CCNC1=S. The number of nitrogens with one attached hydrogen (secondary N) is 1. The van der Waals surface area contributed by atoms with Crippen LogP contribution >= 0.6 is 12.2 Å². The van der Waals surface area contributed by atoms with Crippen molar-refractivity contribution in [2.24, 2.45) is 0 Å². The second kappa shape index (κ2) is 3.85. The van der Waals surface area contributed by atoms with Crippen molar-refractivity contribution in [1.82, 2.24) is 10.2 Å². The Bertz CT molecular complexity index is 189. The molecule has 12 heavy (non-hydrogen) atoms. The Morgan fingerprint density at radius 3 is 2.92 bits per heavy atom. The van der Waals surface area contributed by atoms with E-state index in [0.29, 0.717) is 18.1 Å². The zero-order chi connectivity index (χ0) is 9.14. The van der Waals surface area contributed by atoms with Crippen molar-refractivity contribution >= 4 is 23.2 Å². The fourth-order valence-corrected chi connectivity index (χ4v) is 1.61. The first-order valence-corrected chi connectivity index (χ1v) is 4.67. The van der Waals surface area contributed by atoms with Gasteiger partial charge in [-0.05, 0) is 25.6 Å². The monoisotopic (exact) mass is 186 g/mol. The maximum atomic E-state index is 11.4. The summed E-state index contributed by atoms with van der Waals surface area (Å²) in [4.78, 5) is 13.1. The van der Waals surface area contributed by atoms with E-state index in [4.69, 9.17) is 12.2 Å². The van der Waals surface area contributed by atoms with Crippen LogP contribution in [0.5, 0.6) is 0 Å². The molecule has 1 unspecified atom stereocenters. The third kappa shape index (κ3) is 1.75. The number of carbonyl (C=O) groups is 1. The molecule has 1 fully saturated rings. The Morgan fingerprint density at radius 1 is 1.75 bits per heavy atom. The molecule has 0 saturated carbocycles. The topological polar surface area (TPSA) is 32.3 Å². The van der Waals surface area contributed by atoms with Gasteiger partial charge < -0.3 is 5.32 Å². The summed E-state index contributed by atoms with van der Waals surface area (Å²) < 4.78 is 0. The normalized spacial score (nSPS) is 20.7. The Balaban J connectivity index is 2.69. The van der Waals surface area contributed by atoms with Gasteiger partial charge in [0.25, 0.3) is 0 Å². The van der Waals surface area contributed by atoms with Gasteiger partial charge in [-0.25, -0.2) is 0 Å². The number of nitrogens with zero attached hydrogens (tertiary/aromatic N) is 1. The fraction of sp³-hybridized carbons (Fsp3) is 0.750. The molecule has 1 rings (SSSR count). The van der Waals surface area contributed by atoms with Crippen LogP contribution in [0.25, 0.3) is 0 Å². The summed E-state index contributed by atoms with van der Waals surface area (Å²) >= 11 is 5.04. The number of rotatable bonds is 2. The van der Waals surface area contributed by atoms with Crippen LogP contribution in [0.2, 0.25) is 0 Å². The van der Waals surface area contributed by atoms with Gasteiger partial charge in [0.15, 0.2) is 5.11 Å². The highest BCUT2D eigenvalue weighted by molar-refractivity contribution is 7.80. The van der Waals surface area contributed by atoms with Crippen molar-refractivity contribution in [2.45, 2.75) is 32.7 Å². The van der Waals surface area contributed by atoms with E-state index in [0.717, 1.165) is 6.42 Å². The third-order valence-electron chi connectivity index (χ3n) is 2.13. The van der Waals surface area contributed by atoms with Crippen molar-refractivity contribution in [3.8, 4) is 0 Å². The largest absolute Gasteiger partial charge is 0.362 e. The summed E-state index contributed by atoms with van der Waals surface area (Å²) in [6.45, 7) is 4.75. The average Bonchev–Trinajstić information content (AvgIpc) is 2.03. The quantitative estimate of drug-likeness (QED) is 0.650. The molecule has 0 spiro atoms. The van der Waals surface area contributed by atoms with Crippen LogP contribution in [0.4, 0.5) is 0 Å². The highest BCUT2D eigenvalue weighted by Crippen LogP contribution is 2.09. The van der Waals surface area contributed by atoms with Crippen LogP contribution in [-0.2, 0) is 4.79 Å². The Morgan fingerprint density at radius 2 is 2.42 bits per heavy atom. The van der Waals surface area contributed by atoms with E-state index in [2.05, 4.69) is 12.2 Å². The van der Waals surface area contributed by atoms with Gasteiger partial charge in [-0.3, -0.25) is 9.69 Å². The molecule has 1 saturated heterocycles. The van der Waals surface area contributed by atoms with E-state index in [1.54, 1.807) is 4.90 Å². The smallest absolute Gasteiger partial charge is 0.230 e. The van der Waals surface area contributed by atoms with Crippen LogP contribution in [0.3, 0.4) is 0 Å². The number of amides is 1. The number of carbonyl (C=O) groups excluding carboxylic acids is 1. The molecule has 0 aromatic heterocycles. The lowest BCUT2D eigenvalue weighted by atomic mass is 10.2. The van der Waals surface area contributed by atoms with Gasteiger partial charge in [-0.2, -0.15) is 0 Å². The minimum absolute atomic E-state index is 0.146. The molecule has 3 nitrogen and oxygen atoms in total. The van der Waals surface area contributed by atoms with Crippen molar-refractivity contribution in [3.63, 3.8) is 0 Å². The summed E-state index contributed by atoms with van der Waals surface area (Å²) in [5.41, 5.74) is 0. The molecule has 68 valence electrons. The van der Waals surface area contributed by atoms with Gasteiger partial charge in [-0.15, -0.1) is 0 Å². The Labute approximate surface area is 78.1 Å². The molecule has 0 radical (unpaired) electrons. The molecule has 1 N–H and O–H groups in total. The first-order valence-electron chi connectivity index (χ1n) is 4.26. The second-order valence-electron chi connectivity index (χ2n) is 3.00. The molecule has 1 aliphatic rings. The van der Waals surface area contributed by atoms with E-state index in [9.17, 15) is 4.79 Å². The molecular weight excluding hydrogens is 172 g/mol. The minimum Gasteiger partial charge on any atom is -0.362 e. The highest BCUT2D eigenvalue weighted by atomic mass is 32.1. The van der Waals surface area contributed by atoms with Crippen molar-refractivity contribution in [1.29, 1.82) is 0 Å². The predicted molar refractivity (Wildman–Crippen MR) is 51.8 cm³/mol. The molecule has 1 atom stereocenters. The summed E-state index contributed by atoms with van der Waals surface area (Å²) in [5.74, 6) is 0.146. The number of hydrogen-bond donors (Lipinski definition) is 1. The van der Waals surface area contributed by atoms with Crippen molar-refractivity contribution < 1.29 is 4.79 Å². The summed E-state index contributed by atoms with van der Waals surface area (Å²) in [5, 5.41) is 3.60. The van der Waals surface area contributed by atoms with Gasteiger partial charge in [0, 0.05) is 19.0 Å². The van der Waals surface area contributed by atoms with E-state index in [1.165, 1.54) is 0 Å². The molecular formula is C8H14N2OS. The van der Waals surface area contributed by atoms with E-state index < -0.39 is 0 Å². The van der Waals surface area contributed by atoms with Gasteiger partial charge in [0.05, 0.1) is 0 Å². The van der Waals surface area contributed by atoms with Crippen LogP contribution in [0.15, 0.2) is 0 Å². The second-order valence-corrected chi connectivity index (χ2v) is 3.39. The van der Waals surface area contributed by atoms with Gasteiger partial charge >= 0.3 is 0 Å². The lowest BCUT2D eigenvalue weighted by molar-refractivity contribution is -0.129. The first-order chi connectivity index (χ1) is 5.66. The summed E-state index contributed by atoms with van der Waals surface area (Å²) in [6.07, 6.45) is 1.50. The van der Waals surface area contributed by atoms with Crippen LogP contribution < -0.4 is 5.32 Å². The van der Waals surface area contributed by atoms with Gasteiger partial charge in [0.2, 0.25) is 5.91 Å². The van der Waals surface area contributed by atoms with Gasteiger partial charge in [0.1, 0.15) is 0 Å². The lowest BCUT2D eigenvalue weighted by Gasteiger charge is -2.32. The van der Waals surface area contributed by atoms with E-state index in [-0.39, 0.29) is 11.9 Å². The fourth-order valence-electron chi connectivity index (χ4n) is 1.22. The van der Waals surface area contributed by atoms with Crippen LogP contribution in [0.1, 0.15) is 26.7 Å². The van der Waals surface area contributed by atoms with Crippen LogP contribution in [0, 0.1) is 0 Å². The number of hydrogen-bond acceptors (Lipinski definition) is 2. The first kappa shape index (κ1) is 9.45. The summed E-state index contributed by atoms with van der Waals surface area (Å²) in [6, 6.07) is 0.220. The summed E-state index contributed by atoms with van der Waals surface area (Å²) in [7, 11) is 0. The lowest BCUT2D eigenvalue weighted by Crippen LogP contribution is -2.53. The zero-order valence-corrected chi connectivity index (χ0v) is 8.28. The van der Waals surface area contributed by atoms with E-state index >= 15 is 0 Å². The predicted octanol–water partition coefficient (Wildman–Crippen LogP) is 0.892.